The molecule has 0 bridgehead atoms. The predicted octanol–water partition coefficient (Wildman–Crippen LogP) is 2.64. The number of hydrogen-bond acceptors (Lipinski definition) is 4. The van der Waals surface area contributed by atoms with Crippen molar-refractivity contribution in [2.75, 3.05) is 18.4 Å². The predicted molar refractivity (Wildman–Crippen MR) is 106 cm³/mol. The summed E-state index contributed by atoms with van der Waals surface area (Å²) in [4.78, 5) is 20.3. The van der Waals surface area contributed by atoms with Crippen LogP contribution in [0.15, 0.2) is 24.4 Å². The fourth-order valence-corrected chi connectivity index (χ4v) is 3.70. The maximum atomic E-state index is 12.4. The van der Waals surface area contributed by atoms with E-state index >= 15 is 0 Å². The largest absolute Gasteiger partial charge is 0.361 e. The fourth-order valence-electron chi connectivity index (χ4n) is 3.70. The van der Waals surface area contributed by atoms with Crippen LogP contribution in [0, 0.1) is 6.92 Å². The highest BCUT2D eigenvalue weighted by Crippen LogP contribution is 2.24. The average Bonchev–Trinajstić information content (AvgIpc) is 3.24. The lowest BCUT2D eigenvalue weighted by Gasteiger charge is -2.19. The maximum absolute atomic E-state index is 12.4. The molecule has 0 aliphatic carbocycles. The Bertz CT molecular complexity index is 951. The molecule has 0 atom stereocenters. The highest BCUT2D eigenvalue weighted by atomic mass is 16.1. The minimum atomic E-state index is -0.0376. The van der Waals surface area contributed by atoms with E-state index in [1.54, 1.807) is 4.68 Å². The molecular formula is C20H26N6O. The van der Waals surface area contributed by atoms with Gasteiger partial charge in [0.25, 0.3) is 0 Å². The van der Waals surface area contributed by atoms with E-state index < -0.39 is 0 Å². The van der Waals surface area contributed by atoms with Crippen LogP contribution in [0.25, 0.3) is 10.9 Å². The molecule has 27 heavy (non-hydrogen) atoms. The Hall–Kier alpha value is -2.67. The van der Waals surface area contributed by atoms with Crippen LogP contribution >= 0.6 is 0 Å². The second-order valence-electron chi connectivity index (χ2n) is 7.35. The lowest BCUT2D eigenvalue weighted by molar-refractivity contribution is -0.116. The van der Waals surface area contributed by atoms with Gasteiger partial charge in [-0.2, -0.15) is 10.1 Å². The van der Waals surface area contributed by atoms with E-state index in [-0.39, 0.29) is 5.91 Å². The number of nitrogens with one attached hydrogen (secondary N) is 3. The third-order valence-corrected chi connectivity index (χ3v) is 5.28. The standard InChI is InChI=1S/C20H26N6O/c1-13-3-5-17-16(11-13)15(12-22-17)4-6-18(27)23-20-24-19(25-26(20)2)14-7-9-21-10-8-14/h3,5,11-12,14,21-22H,4,6-10H2,1-2H3,(H,23,24,25,27). The summed E-state index contributed by atoms with van der Waals surface area (Å²) < 4.78 is 1.67. The first kappa shape index (κ1) is 17.7. The normalized spacial score (nSPS) is 15.3. The van der Waals surface area contributed by atoms with E-state index in [4.69, 9.17) is 0 Å². The van der Waals surface area contributed by atoms with Gasteiger partial charge in [-0.25, -0.2) is 4.68 Å². The fraction of sp³-hybridized carbons (Fsp3) is 0.450. The maximum Gasteiger partial charge on any atom is 0.227 e. The van der Waals surface area contributed by atoms with Gasteiger partial charge in [0.2, 0.25) is 11.9 Å². The number of hydrogen-bond donors (Lipinski definition) is 3. The molecule has 1 aromatic carbocycles. The zero-order valence-electron chi connectivity index (χ0n) is 15.9. The highest BCUT2D eigenvalue weighted by Gasteiger charge is 2.21. The third-order valence-electron chi connectivity index (χ3n) is 5.28. The van der Waals surface area contributed by atoms with Gasteiger partial charge in [0.1, 0.15) is 0 Å². The summed E-state index contributed by atoms with van der Waals surface area (Å²) in [5.74, 6) is 1.70. The van der Waals surface area contributed by atoms with Gasteiger partial charge in [0, 0.05) is 36.5 Å². The second-order valence-corrected chi connectivity index (χ2v) is 7.35. The molecule has 3 aromatic rings. The Balaban J connectivity index is 1.39. The number of fused-ring (bicyclic) bond motifs is 1. The van der Waals surface area contributed by atoms with E-state index in [0.717, 1.165) is 42.8 Å². The highest BCUT2D eigenvalue weighted by molar-refractivity contribution is 5.90. The molecule has 3 N–H and O–H groups in total. The van der Waals surface area contributed by atoms with Crippen LogP contribution in [0.5, 0.6) is 0 Å². The van der Waals surface area contributed by atoms with Crippen LogP contribution in [0.2, 0.25) is 0 Å². The zero-order chi connectivity index (χ0) is 18.8. The minimum absolute atomic E-state index is 0.0376. The summed E-state index contributed by atoms with van der Waals surface area (Å²) in [6.45, 7) is 4.07. The SMILES string of the molecule is Cc1ccc2[nH]cc(CCC(=O)Nc3nc(C4CCNCC4)nn3C)c2c1. The van der Waals surface area contributed by atoms with Gasteiger partial charge < -0.3 is 10.3 Å². The monoisotopic (exact) mass is 366 g/mol. The molecular weight excluding hydrogens is 340 g/mol. The lowest BCUT2D eigenvalue weighted by Crippen LogP contribution is -2.27. The number of benzene rings is 1. The number of anilines is 1. The summed E-state index contributed by atoms with van der Waals surface area (Å²) in [5.41, 5.74) is 3.49. The number of rotatable bonds is 5. The van der Waals surface area contributed by atoms with E-state index in [1.807, 2.05) is 13.2 Å². The number of H-pyrrole nitrogens is 1. The zero-order valence-corrected chi connectivity index (χ0v) is 15.9. The van der Waals surface area contributed by atoms with E-state index in [1.165, 1.54) is 10.9 Å². The van der Waals surface area contributed by atoms with Gasteiger partial charge in [-0.1, -0.05) is 11.6 Å². The van der Waals surface area contributed by atoms with Gasteiger partial charge in [-0.3, -0.25) is 10.1 Å². The number of amides is 1. The molecule has 4 rings (SSSR count). The number of aromatic nitrogens is 4. The van der Waals surface area contributed by atoms with Gasteiger partial charge in [-0.05, 0) is 57.0 Å². The Labute approximate surface area is 158 Å². The van der Waals surface area contributed by atoms with Crippen molar-refractivity contribution >= 4 is 22.8 Å². The summed E-state index contributed by atoms with van der Waals surface area (Å²) >= 11 is 0. The first-order chi connectivity index (χ1) is 13.1. The summed E-state index contributed by atoms with van der Waals surface area (Å²) in [5, 5.41) is 12.0. The smallest absolute Gasteiger partial charge is 0.227 e. The van der Waals surface area contributed by atoms with Crippen molar-refractivity contribution in [1.29, 1.82) is 0 Å². The molecule has 1 fully saturated rings. The van der Waals surface area contributed by atoms with Crippen molar-refractivity contribution < 1.29 is 4.79 Å². The Morgan fingerprint density at radius 2 is 2.15 bits per heavy atom. The molecule has 2 aromatic heterocycles. The van der Waals surface area contributed by atoms with Gasteiger partial charge in [0.05, 0.1) is 0 Å². The molecule has 7 nitrogen and oxygen atoms in total. The average molecular weight is 366 g/mol. The Morgan fingerprint density at radius 3 is 2.96 bits per heavy atom. The molecule has 0 radical (unpaired) electrons. The molecule has 0 saturated carbocycles. The van der Waals surface area contributed by atoms with Crippen LogP contribution in [-0.2, 0) is 18.3 Å². The second kappa shape index (κ2) is 7.52. The summed E-state index contributed by atoms with van der Waals surface area (Å²) in [7, 11) is 1.83. The van der Waals surface area contributed by atoms with Gasteiger partial charge >= 0.3 is 0 Å². The molecule has 1 aliphatic heterocycles. The van der Waals surface area contributed by atoms with Crippen molar-refractivity contribution in [2.45, 2.75) is 38.5 Å². The van der Waals surface area contributed by atoms with Crippen molar-refractivity contribution in [3.63, 3.8) is 0 Å². The number of nitrogens with zero attached hydrogens (tertiary/aromatic N) is 3. The quantitative estimate of drug-likeness (QED) is 0.648. The topological polar surface area (TPSA) is 87.6 Å². The van der Waals surface area contributed by atoms with Crippen molar-refractivity contribution in [1.82, 2.24) is 25.1 Å². The minimum Gasteiger partial charge on any atom is -0.361 e. The molecule has 7 heteroatoms. The number of carbonyl (C=O) groups excluding carboxylic acids is 1. The van der Waals surface area contributed by atoms with Crippen molar-refractivity contribution in [3.8, 4) is 0 Å². The first-order valence-electron chi connectivity index (χ1n) is 9.58. The molecule has 142 valence electrons. The van der Waals surface area contributed by atoms with Crippen molar-refractivity contribution in [3.05, 3.63) is 41.3 Å². The Morgan fingerprint density at radius 1 is 1.33 bits per heavy atom. The van der Waals surface area contributed by atoms with Gasteiger partial charge in [0.15, 0.2) is 5.82 Å². The van der Waals surface area contributed by atoms with Crippen LogP contribution in [0.3, 0.4) is 0 Å². The number of aryl methyl sites for hydroxylation is 3. The molecule has 1 aliphatic rings. The van der Waals surface area contributed by atoms with E-state index in [0.29, 0.717) is 24.7 Å². The van der Waals surface area contributed by atoms with Gasteiger partial charge in [-0.15, -0.1) is 0 Å². The lowest BCUT2D eigenvalue weighted by atomic mass is 9.98. The number of carbonyl (C=O) groups is 1. The summed E-state index contributed by atoms with van der Waals surface area (Å²) in [6, 6.07) is 6.33. The van der Waals surface area contributed by atoms with Crippen LogP contribution in [-0.4, -0.2) is 38.7 Å². The number of aromatic amines is 1. The molecule has 0 spiro atoms. The van der Waals surface area contributed by atoms with Crippen molar-refractivity contribution in [2.24, 2.45) is 7.05 Å². The van der Waals surface area contributed by atoms with Crippen LogP contribution in [0.4, 0.5) is 5.95 Å². The first-order valence-corrected chi connectivity index (χ1v) is 9.58. The molecule has 1 amide bonds. The van der Waals surface area contributed by atoms with E-state index in [2.05, 4.69) is 50.8 Å². The molecule has 0 unspecified atom stereocenters. The Kier molecular flexibility index (Phi) is 4.94. The molecule has 3 heterocycles. The molecule has 1 saturated heterocycles. The van der Waals surface area contributed by atoms with Crippen LogP contribution < -0.4 is 10.6 Å². The summed E-state index contributed by atoms with van der Waals surface area (Å²) in [6.07, 6.45) is 5.18. The third kappa shape index (κ3) is 3.88. The van der Waals surface area contributed by atoms with E-state index in [9.17, 15) is 4.79 Å². The van der Waals surface area contributed by atoms with Crippen LogP contribution in [0.1, 0.15) is 42.1 Å². The number of piperidine rings is 1.